The fraction of sp³-hybridized carbons (Fsp3) is 1.00. The van der Waals surface area contributed by atoms with Gasteiger partial charge in [0, 0.05) is 36.2 Å². The van der Waals surface area contributed by atoms with E-state index in [0.717, 1.165) is 30.8 Å². The van der Waals surface area contributed by atoms with E-state index in [1.807, 2.05) is 0 Å². The molecule has 3 aliphatic rings. The van der Waals surface area contributed by atoms with Crippen molar-refractivity contribution >= 4 is 0 Å². The Morgan fingerprint density at radius 1 is 1.15 bits per heavy atom. The Morgan fingerprint density at radius 2 is 1.80 bits per heavy atom. The molecule has 3 rings (SSSR count). The molecule has 0 spiro atoms. The lowest BCUT2D eigenvalue weighted by Crippen LogP contribution is -2.69. The predicted octanol–water partition coefficient (Wildman–Crippen LogP) is 2.79. The first kappa shape index (κ1) is 14.8. The first-order chi connectivity index (χ1) is 9.57. The van der Waals surface area contributed by atoms with Gasteiger partial charge in [-0.3, -0.25) is 4.90 Å². The molecule has 0 amide bonds. The van der Waals surface area contributed by atoms with Crippen molar-refractivity contribution in [1.29, 1.82) is 0 Å². The van der Waals surface area contributed by atoms with Gasteiger partial charge < -0.3 is 10.1 Å². The zero-order chi connectivity index (χ0) is 14.3. The molecule has 1 N–H and O–H groups in total. The van der Waals surface area contributed by atoms with Crippen LogP contribution in [-0.2, 0) is 4.74 Å². The summed E-state index contributed by atoms with van der Waals surface area (Å²) in [5.74, 6) is 0. The number of nitrogens with zero attached hydrogens (tertiary/aromatic N) is 1. The Kier molecular flexibility index (Phi) is 4.13. The molecular formula is C17H32N2O. The highest BCUT2D eigenvalue weighted by Gasteiger charge is 2.55. The van der Waals surface area contributed by atoms with Gasteiger partial charge in [0.1, 0.15) is 0 Å². The lowest BCUT2D eigenvalue weighted by molar-refractivity contribution is -0.181. The van der Waals surface area contributed by atoms with E-state index in [0.29, 0.717) is 11.5 Å². The summed E-state index contributed by atoms with van der Waals surface area (Å²) in [5.41, 5.74) is 0.330. The molecular weight excluding hydrogens is 248 g/mol. The molecule has 2 heterocycles. The minimum absolute atomic E-state index is 0.330. The summed E-state index contributed by atoms with van der Waals surface area (Å²) >= 11 is 0. The molecule has 3 fully saturated rings. The Balaban J connectivity index is 1.71. The lowest BCUT2D eigenvalue weighted by atomic mass is 9.61. The second kappa shape index (κ2) is 5.58. The average molecular weight is 280 g/mol. The van der Waals surface area contributed by atoms with Gasteiger partial charge in [-0.2, -0.15) is 0 Å². The maximum atomic E-state index is 5.94. The Bertz CT molecular complexity index is 330. The number of nitrogens with one attached hydrogen (secondary N) is 1. The molecule has 2 aliphatic heterocycles. The molecule has 3 heteroatoms. The molecule has 2 saturated heterocycles. The average Bonchev–Trinajstić information content (AvgIpc) is 2.42. The summed E-state index contributed by atoms with van der Waals surface area (Å²) in [6.07, 6.45) is 8.65. The second-order valence-corrected chi connectivity index (χ2v) is 7.66. The SMILES string of the molecule is CCOC1CC(N2C3CCCC2CC(NC)C3)C1(C)C. The third-order valence-electron chi connectivity index (χ3n) is 6.29. The summed E-state index contributed by atoms with van der Waals surface area (Å²) in [6.45, 7) is 7.81. The van der Waals surface area contributed by atoms with Crippen molar-refractivity contribution < 1.29 is 4.74 Å². The van der Waals surface area contributed by atoms with Crippen LogP contribution in [0.3, 0.4) is 0 Å². The van der Waals surface area contributed by atoms with Crippen molar-refractivity contribution in [2.75, 3.05) is 13.7 Å². The zero-order valence-corrected chi connectivity index (χ0v) is 13.7. The van der Waals surface area contributed by atoms with E-state index in [1.54, 1.807) is 0 Å². The minimum Gasteiger partial charge on any atom is -0.378 e. The molecule has 0 aromatic carbocycles. The van der Waals surface area contributed by atoms with Crippen LogP contribution in [0.5, 0.6) is 0 Å². The van der Waals surface area contributed by atoms with Crippen LogP contribution in [0, 0.1) is 5.41 Å². The second-order valence-electron chi connectivity index (χ2n) is 7.66. The van der Waals surface area contributed by atoms with Gasteiger partial charge in [-0.05, 0) is 46.1 Å². The molecule has 4 atom stereocenters. The van der Waals surface area contributed by atoms with Crippen LogP contribution in [0.25, 0.3) is 0 Å². The van der Waals surface area contributed by atoms with Gasteiger partial charge >= 0.3 is 0 Å². The fourth-order valence-electron chi connectivity index (χ4n) is 5.02. The number of hydrogen-bond donors (Lipinski definition) is 1. The van der Waals surface area contributed by atoms with Crippen LogP contribution < -0.4 is 5.32 Å². The fourth-order valence-corrected chi connectivity index (χ4v) is 5.02. The number of ether oxygens (including phenoxy) is 1. The first-order valence-corrected chi connectivity index (χ1v) is 8.64. The van der Waals surface area contributed by atoms with E-state index >= 15 is 0 Å². The normalized spacial score (nSPS) is 44.1. The molecule has 0 radical (unpaired) electrons. The van der Waals surface area contributed by atoms with Gasteiger partial charge in [0.05, 0.1) is 6.10 Å². The molecule has 1 saturated carbocycles. The van der Waals surface area contributed by atoms with Gasteiger partial charge in [-0.1, -0.05) is 20.3 Å². The smallest absolute Gasteiger partial charge is 0.0655 e. The first-order valence-electron chi connectivity index (χ1n) is 8.64. The highest BCUT2D eigenvalue weighted by atomic mass is 16.5. The van der Waals surface area contributed by atoms with Gasteiger partial charge in [0.2, 0.25) is 0 Å². The van der Waals surface area contributed by atoms with E-state index in [2.05, 4.69) is 38.0 Å². The molecule has 0 aromatic heterocycles. The number of piperidine rings is 2. The van der Waals surface area contributed by atoms with Crippen molar-refractivity contribution in [3.8, 4) is 0 Å². The van der Waals surface area contributed by atoms with Crippen LogP contribution in [0.2, 0.25) is 0 Å². The molecule has 4 unspecified atom stereocenters. The van der Waals surface area contributed by atoms with Crippen LogP contribution in [0.15, 0.2) is 0 Å². The summed E-state index contributed by atoms with van der Waals surface area (Å²) in [7, 11) is 2.13. The van der Waals surface area contributed by atoms with E-state index in [9.17, 15) is 0 Å². The summed E-state index contributed by atoms with van der Waals surface area (Å²) < 4.78 is 5.94. The minimum atomic E-state index is 0.330. The van der Waals surface area contributed by atoms with Gasteiger partial charge in [-0.25, -0.2) is 0 Å². The highest BCUT2D eigenvalue weighted by Crippen LogP contribution is 2.50. The topological polar surface area (TPSA) is 24.5 Å². The van der Waals surface area contributed by atoms with Gasteiger partial charge in [0.25, 0.3) is 0 Å². The van der Waals surface area contributed by atoms with Crippen molar-refractivity contribution in [3.63, 3.8) is 0 Å². The number of hydrogen-bond acceptors (Lipinski definition) is 3. The van der Waals surface area contributed by atoms with E-state index in [1.165, 1.54) is 38.5 Å². The maximum absolute atomic E-state index is 5.94. The summed E-state index contributed by atoms with van der Waals surface area (Å²) in [4.78, 5) is 2.91. The zero-order valence-electron chi connectivity index (χ0n) is 13.7. The van der Waals surface area contributed by atoms with E-state index in [-0.39, 0.29) is 0 Å². The van der Waals surface area contributed by atoms with Crippen molar-refractivity contribution in [1.82, 2.24) is 10.2 Å². The Labute approximate surface area is 124 Å². The van der Waals surface area contributed by atoms with Gasteiger partial charge in [0.15, 0.2) is 0 Å². The van der Waals surface area contributed by atoms with Crippen molar-refractivity contribution in [3.05, 3.63) is 0 Å². The third kappa shape index (κ3) is 2.32. The monoisotopic (exact) mass is 280 g/mol. The molecule has 0 aromatic rings. The quantitative estimate of drug-likeness (QED) is 0.857. The van der Waals surface area contributed by atoms with Crippen LogP contribution in [0.4, 0.5) is 0 Å². The third-order valence-corrected chi connectivity index (χ3v) is 6.29. The highest BCUT2D eigenvalue weighted by molar-refractivity contribution is 5.09. The Hall–Kier alpha value is -0.120. The molecule has 2 bridgehead atoms. The van der Waals surface area contributed by atoms with Crippen LogP contribution >= 0.6 is 0 Å². The lowest BCUT2D eigenvalue weighted by Gasteiger charge is -2.62. The Morgan fingerprint density at radius 3 is 2.30 bits per heavy atom. The predicted molar refractivity (Wildman–Crippen MR) is 82.9 cm³/mol. The molecule has 20 heavy (non-hydrogen) atoms. The van der Waals surface area contributed by atoms with E-state index < -0.39 is 0 Å². The molecule has 1 aliphatic carbocycles. The van der Waals surface area contributed by atoms with Crippen LogP contribution in [-0.4, -0.2) is 48.8 Å². The standard InChI is InChI=1S/C17H32N2O/c1-5-20-16-11-15(17(16,2)3)19-13-7-6-8-14(19)10-12(9-13)18-4/h12-16,18H,5-11H2,1-4H3. The van der Waals surface area contributed by atoms with Crippen LogP contribution in [0.1, 0.15) is 59.3 Å². The number of rotatable bonds is 4. The summed E-state index contributed by atoms with van der Waals surface area (Å²) in [6, 6.07) is 3.11. The number of fused-ring (bicyclic) bond motifs is 2. The van der Waals surface area contributed by atoms with Crippen molar-refractivity contribution in [2.45, 2.75) is 89.6 Å². The van der Waals surface area contributed by atoms with Gasteiger partial charge in [-0.15, -0.1) is 0 Å². The van der Waals surface area contributed by atoms with E-state index in [4.69, 9.17) is 4.74 Å². The van der Waals surface area contributed by atoms with Crippen molar-refractivity contribution in [2.24, 2.45) is 5.41 Å². The molecule has 3 nitrogen and oxygen atoms in total. The summed E-state index contributed by atoms with van der Waals surface area (Å²) in [5, 5.41) is 3.53. The molecule has 116 valence electrons. The largest absolute Gasteiger partial charge is 0.378 e. The maximum Gasteiger partial charge on any atom is 0.0655 e.